The van der Waals surface area contributed by atoms with Gasteiger partial charge in [-0.1, -0.05) is 18.2 Å². The Morgan fingerprint density at radius 3 is 2.86 bits per heavy atom. The molecular formula is C22H17N5OS. The average molecular weight is 399 g/mol. The van der Waals surface area contributed by atoms with Crippen molar-refractivity contribution >= 4 is 44.3 Å². The number of pyridine rings is 2. The number of carbonyl (C=O) groups excluding carboxylic acids is 1. The molecule has 0 saturated carbocycles. The van der Waals surface area contributed by atoms with E-state index < -0.39 is 0 Å². The number of para-hydroxylation sites is 2. The van der Waals surface area contributed by atoms with Gasteiger partial charge in [-0.3, -0.25) is 20.1 Å². The molecule has 7 heteroatoms. The lowest BCUT2D eigenvalue weighted by atomic mass is 10.2. The fourth-order valence-corrected chi connectivity index (χ4v) is 4.27. The minimum atomic E-state index is -0.208. The van der Waals surface area contributed by atoms with E-state index in [9.17, 15) is 4.79 Å². The SMILES string of the molecule is O=C(Nc1nc2ccccc2n1CCc1ccccn1)c1cncc2ccsc12. The number of fused-ring (bicyclic) bond motifs is 2. The standard InChI is InChI=1S/C22H17N5OS/c28-21(17-14-23-13-15-9-12-29-20(15)17)26-22-25-18-6-1-2-7-19(18)27(22)11-8-16-5-3-4-10-24-16/h1-7,9-10,12-14H,8,11H2,(H,25,26,28). The fraction of sp³-hybridized carbons (Fsp3) is 0.0909. The lowest BCUT2D eigenvalue weighted by Gasteiger charge is -2.10. The highest BCUT2D eigenvalue weighted by Crippen LogP contribution is 2.25. The van der Waals surface area contributed by atoms with E-state index in [2.05, 4.69) is 20.3 Å². The number of amides is 1. The molecule has 1 N–H and O–H groups in total. The molecule has 0 bridgehead atoms. The van der Waals surface area contributed by atoms with E-state index in [-0.39, 0.29) is 5.91 Å². The van der Waals surface area contributed by atoms with Crippen LogP contribution in [0.1, 0.15) is 16.1 Å². The highest BCUT2D eigenvalue weighted by atomic mass is 32.1. The molecule has 0 fully saturated rings. The Labute approximate surface area is 170 Å². The van der Waals surface area contributed by atoms with Gasteiger partial charge in [0.1, 0.15) is 0 Å². The smallest absolute Gasteiger partial charge is 0.261 e. The van der Waals surface area contributed by atoms with Gasteiger partial charge in [-0.05, 0) is 35.7 Å². The summed E-state index contributed by atoms with van der Waals surface area (Å²) in [7, 11) is 0. The third kappa shape index (κ3) is 3.36. The Bertz CT molecular complexity index is 1310. The van der Waals surface area contributed by atoms with E-state index in [0.29, 0.717) is 18.1 Å². The number of anilines is 1. The van der Waals surface area contributed by atoms with Gasteiger partial charge in [0.15, 0.2) is 0 Å². The molecule has 5 aromatic rings. The second-order valence-corrected chi connectivity index (χ2v) is 7.54. The Hall–Kier alpha value is -3.58. The summed E-state index contributed by atoms with van der Waals surface area (Å²) in [4.78, 5) is 26.3. The van der Waals surface area contributed by atoms with Crippen molar-refractivity contribution < 1.29 is 4.79 Å². The Morgan fingerprint density at radius 2 is 1.97 bits per heavy atom. The molecule has 4 heterocycles. The zero-order valence-corrected chi connectivity index (χ0v) is 16.3. The molecule has 0 radical (unpaired) electrons. The van der Waals surface area contributed by atoms with Crippen molar-refractivity contribution in [2.24, 2.45) is 0 Å². The van der Waals surface area contributed by atoms with Gasteiger partial charge >= 0.3 is 0 Å². The number of nitrogens with zero attached hydrogens (tertiary/aromatic N) is 4. The van der Waals surface area contributed by atoms with E-state index in [4.69, 9.17) is 0 Å². The van der Waals surface area contributed by atoms with Crippen molar-refractivity contribution in [3.8, 4) is 0 Å². The van der Waals surface area contributed by atoms with Crippen molar-refractivity contribution in [2.45, 2.75) is 13.0 Å². The van der Waals surface area contributed by atoms with E-state index in [1.165, 1.54) is 11.3 Å². The Morgan fingerprint density at radius 1 is 1.07 bits per heavy atom. The number of rotatable bonds is 5. The van der Waals surface area contributed by atoms with Crippen LogP contribution in [0.15, 0.2) is 72.5 Å². The first-order valence-electron chi connectivity index (χ1n) is 9.27. The molecule has 1 aromatic carbocycles. The minimum Gasteiger partial charge on any atom is -0.310 e. The van der Waals surface area contributed by atoms with E-state index in [1.807, 2.05) is 58.5 Å². The molecule has 0 saturated heterocycles. The van der Waals surface area contributed by atoms with Crippen LogP contribution in [0.25, 0.3) is 21.1 Å². The first kappa shape index (κ1) is 17.5. The van der Waals surface area contributed by atoms with Gasteiger partial charge in [0.05, 0.1) is 21.3 Å². The third-order valence-corrected chi connectivity index (χ3v) is 5.76. The normalized spacial score (nSPS) is 11.2. The maximum Gasteiger partial charge on any atom is 0.261 e. The van der Waals surface area contributed by atoms with Crippen LogP contribution in [0.3, 0.4) is 0 Å². The first-order valence-corrected chi connectivity index (χ1v) is 10.2. The summed E-state index contributed by atoms with van der Waals surface area (Å²) in [5, 5.41) is 5.92. The average Bonchev–Trinajstić information content (AvgIpc) is 3.37. The summed E-state index contributed by atoms with van der Waals surface area (Å²) in [5.41, 5.74) is 3.37. The lowest BCUT2D eigenvalue weighted by molar-refractivity contribution is 0.102. The van der Waals surface area contributed by atoms with Gasteiger partial charge in [-0.2, -0.15) is 0 Å². The second-order valence-electron chi connectivity index (χ2n) is 6.63. The molecule has 0 atom stereocenters. The third-order valence-electron chi connectivity index (χ3n) is 4.80. The van der Waals surface area contributed by atoms with Crippen molar-refractivity contribution in [1.82, 2.24) is 19.5 Å². The van der Waals surface area contributed by atoms with Crippen molar-refractivity contribution in [3.63, 3.8) is 0 Å². The quantitative estimate of drug-likeness (QED) is 0.471. The maximum atomic E-state index is 13.0. The van der Waals surface area contributed by atoms with Crippen molar-refractivity contribution in [2.75, 3.05) is 5.32 Å². The minimum absolute atomic E-state index is 0.208. The van der Waals surface area contributed by atoms with E-state index in [1.54, 1.807) is 18.6 Å². The molecule has 142 valence electrons. The van der Waals surface area contributed by atoms with Gasteiger partial charge < -0.3 is 4.57 Å². The number of nitrogens with one attached hydrogen (secondary N) is 1. The van der Waals surface area contributed by atoms with Crippen LogP contribution in [0.2, 0.25) is 0 Å². The predicted molar refractivity (Wildman–Crippen MR) is 115 cm³/mol. The Kier molecular flexibility index (Phi) is 4.50. The molecule has 0 unspecified atom stereocenters. The van der Waals surface area contributed by atoms with Gasteiger partial charge in [-0.15, -0.1) is 11.3 Å². The van der Waals surface area contributed by atoms with Gasteiger partial charge in [0.25, 0.3) is 5.91 Å². The van der Waals surface area contributed by atoms with Crippen LogP contribution >= 0.6 is 11.3 Å². The number of benzene rings is 1. The monoisotopic (exact) mass is 399 g/mol. The molecule has 6 nitrogen and oxygen atoms in total. The summed E-state index contributed by atoms with van der Waals surface area (Å²) in [6.07, 6.45) is 5.91. The highest BCUT2D eigenvalue weighted by molar-refractivity contribution is 7.17. The predicted octanol–water partition coefficient (Wildman–Crippen LogP) is 4.54. The van der Waals surface area contributed by atoms with Crippen LogP contribution in [0, 0.1) is 0 Å². The zero-order chi connectivity index (χ0) is 19.6. The number of hydrogen-bond acceptors (Lipinski definition) is 5. The molecule has 0 aliphatic rings. The largest absolute Gasteiger partial charge is 0.310 e. The number of hydrogen-bond donors (Lipinski definition) is 1. The number of thiophene rings is 1. The van der Waals surface area contributed by atoms with Crippen LogP contribution in [0.5, 0.6) is 0 Å². The molecule has 5 rings (SSSR count). The van der Waals surface area contributed by atoms with Crippen molar-refractivity contribution in [1.29, 1.82) is 0 Å². The molecule has 0 aliphatic heterocycles. The Balaban J connectivity index is 1.49. The van der Waals surface area contributed by atoms with Crippen LogP contribution in [-0.2, 0) is 13.0 Å². The molecule has 29 heavy (non-hydrogen) atoms. The summed E-state index contributed by atoms with van der Waals surface area (Å²) in [6, 6.07) is 15.7. The fourth-order valence-electron chi connectivity index (χ4n) is 3.39. The number of aromatic nitrogens is 4. The molecule has 0 aliphatic carbocycles. The summed E-state index contributed by atoms with van der Waals surface area (Å²) in [6.45, 7) is 0.661. The highest BCUT2D eigenvalue weighted by Gasteiger charge is 2.17. The van der Waals surface area contributed by atoms with E-state index >= 15 is 0 Å². The van der Waals surface area contributed by atoms with Gasteiger partial charge in [0.2, 0.25) is 5.95 Å². The van der Waals surface area contributed by atoms with Crippen molar-refractivity contribution in [3.05, 3.63) is 83.8 Å². The number of aryl methyl sites for hydroxylation is 2. The van der Waals surface area contributed by atoms with Crippen LogP contribution < -0.4 is 5.32 Å². The van der Waals surface area contributed by atoms with Crippen LogP contribution in [0.4, 0.5) is 5.95 Å². The van der Waals surface area contributed by atoms with E-state index in [0.717, 1.165) is 33.2 Å². The van der Waals surface area contributed by atoms with Crippen LogP contribution in [-0.4, -0.2) is 25.4 Å². The first-order chi connectivity index (χ1) is 14.3. The molecule has 4 aromatic heterocycles. The second kappa shape index (κ2) is 7.44. The van der Waals surface area contributed by atoms with Gasteiger partial charge in [-0.25, -0.2) is 4.98 Å². The topological polar surface area (TPSA) is 72.7 Å². The lowest BCUT2D eigenvalue weighted by Crippen LogP contribution is -2.17. The van der Waals surface area contributed by atoms with Gasteiger partial charge in [0, 0.05) is 42.6 Å². The molecular weight excluding hydrogens is 382 g/mol. The molecule has 1 amide bonds. The summed E-state index contributed by atoms with van der Waals surface area (Å²) < 4.78 is 2.96. The zero-order valence-electron chi connectivity index (χ0n) is 15.4. The molecule has 0 spiro atoms. The maximum absolute atomic E-state index is 13.0. The summed E-state index contributed by atoms with van der Waals surface area (Å²) >= 11 is 1.53. The number of carbonyl (C=O) groups is 1. The number of imidazole rings is 1. The summed E-state index contributed by atoms with van der Waals surface area (Å²) in [5.74, 6) is 0.320.